The molecule has 7 nitrogen and oxygen atoms in total. The van der Waals surface area contributed by atoms with Crippen LogP contribution in [0.25, 0.3) is 11.0 Å². The monoisotopic (exact) mass is 384 g/mol. The Balaban J connectivity index is 1.63. The number of rotatable bonds is 5. The number of halogens is 1. The molecule has 4 rings (SSSR count). The summed E-state index contributed by atoms with van der Waals surface area (Å²) in [5.41, 5.74) is 1.89. The Hall–Kier alpha value is -3.16. The molecule has 8 heteroatoms. The molecular weight excluding hydrogens is 363 g/mol. The normalized spacial score (nSPS) is 16.5. The summed E-state index contributed by atoms with van der Waals surface area (Å²) in [6.07, 6.45) is 3.98. The van der Waals surface area contributed by atoms with Gasteiger partial charge in [-0.15, -0.1) is 0 Å². The minimum atomic E-state index is -0.404. The number of hydrogen-bond acceptors (Lipinski definition) is 6. The van der Waals surface area contributed by atoms with Gasteiger partial charge in [-0.1, -0.05) is 0 Å². The summed E-state index contributed by atoms with van der Waals surface area (Å²) in [6.45, 7) is 3.37. The van der Waals surface area contributed by atoms with Crippen molar-refractivity contribution in [2.45, 2.75) is 19.4 Å². The fourth-order valence-corrected chi connectivity index (χ4v) is 3.52. The van der Waals surface area contributed by atoms with E-state index in [1.54, 1.807) is 36.1 Å². The Kier molecular flexibility index (Phi) is 4.85. The topological polar surface area (TPSA) is 69.5 Å². The van der Waals surface area contributed by atoms with Gasteiger partial charge in [-0.05, 0) is 31.2 Å². The van der Waals surface area contributed by atoms with Crippen LogP contribution in [0.1, 0.15) is 23.7 Å². The largest absolute Gasteiger partial charge is 0.489 e. The Morgan fingerprint density at radius 2 is 2.07 bits per heavy atom. The molecule has 1 atom stereocenters. The van der Waals surface area contributed by atoms with E-state index in [4.69, 9.17) is 9.47 Å². The molecule has 1 aliphatic rings. The van der Waals surface area contributed by atoms with Crippen molar-refractivity contribution in [2.75, 3.05) is 24.6 Å². The molecule has 1 aliphatic heterocycles. The minimum absolute atomic E-state index is 0.0691. The molecule has 0 N–H and O–H groups in total. The standard InChI is InChI=1S/C20H21FN4O3/c1-3-27-20(26)17-10-22-19-16(11-23-24(19)2)18(17)25-9-8-15(12-25)28-14-6-4-13(21)5-7-14/h4-7,10-11,15H,3,8-9,12H2,1-2H3. The number of carbonyl (C=O) groups is 1. The van der Waals surface area contributed by atoms with Crippen LogP contribution in [0.4, 0.5) is 10.1 Å². The third-order valence-electron chi connectivity index (χ3n) is 4.81. The quantitative estimate of drug-likeness (QED) is 0.630. The van der Waals surface area contributed by atoms with Crippen molar-refractivity contribution >= 4 is 22.7 Å². The van der Waals surface area contributed by atoms with Gasteiger partial charge >= 0.3 is 5.97 Å². The highest BCUT2D eigenvalue weighted by Crippen LogP contribution is 2.33. The van der Waals surface area contributed by atoms with Crippen LogP contribution in [0.15, 0.2) is 36.7 Å². The number of nitrogens with zero attached hydrogens (tertiary/aromatic N) is 4. The van der Waals surface area contributed by atoms with Gasteiger partial charge in [0.1, 0.15) is 23.2 Å². The number of pyridine rings is 1. The van der Waals surface area contributed by atoms with E-state index in [9.17, 15) is 9.18 Å². The molecule has 28 heavy (non-hydrogen) atoms. The van der Waals surface area contributed by atoms with E-state index in [1.165, 1.54) is 12.1 Å². The van der Waals surface area contributed by atoms with Crippen LogP contribution < -0.4 is 9.64 Å². The van der Waals surface area contributed by atoms with Gasteiger partial charge in [0.15, 0.2) is 5.65 Å². The maximum Gasteiger partial charge on any atom is 0.341 e. The van der Waals surface area contributed by atoms with E-state index in [0.29, 0.717) is 36.7 Å². The van der Waals surface area contributed by atoms with Gasteiger partial charge in [0.2, 0.25) is 0 Å². The zero-order valence-corrected chi connectivity index (χ0v) is 15.8. The Morgan fingerprint density at radius 3 is 2.82 bits per heavy atom. The molecule has 2 aromatic heterocycles. The molecule has 0 amide bonds. The first-order valence-electron chi connectivity index (χ1n) is 9.21. The molecule has 1 unspecified atom stereocenters. The lowest BCUT2D eigenvalue weighted by atomic mass is 10.1. The van der Waals surface area contributed by atoms with E-state index in [0.717, 1.165) is 17.5 Å². The summed E-state index contributed by atoms with van der Waals surface area (Å²) >= 11 is 0. The first-order chi connectivity index (χ1) is 13.6. The average molecular weight is 384 g/mol. The highest BCUT2D eigenvalue weighted by Gasteiger charge is 2.30. The van der Waals surface area contributed by atoms with Gasteiger partial charge in [-0.3, -0.25) is 4.68 Å². The SMILES string of the molecule is CCOC(=O)c1cnc2c(cnn2C)c1N1CCC(Oc2ccc(F)cc2)C1. The number of esters is 1. The van der Waals surface area contributed by atoms with Crippen molar-refractivity contribution in [2.24, 2.45) is 7.05 Å². The van der Waals surface area contributed by atoms with Crippen LogP contribution in [-0.2, 0) is 11.8 Å². The van der Waals surface area contributed by atoms with E-state index < -0.39 is 5.97 Å². The van der Waals surface area contributed by atoms with Gasteiger partial charge in [-0.2, -0.15) is 5.10 Å². The van der Waals surface area contributed by atoms with Crippen LogP contribution in [0.3, 0.4) is 0 Å². The van der Waals surface area contributed by atoms with Crippen molar-refractivity contribution in [1.29, 1.82) is 0 Å². The molecule has 0 bridgehead atoms. The zero-order valence-electron chi connectivity index (χ0n) is 15.8. The maximum absolute atomic E-state index is 13.1. The molecule has 0 aliphatic carbocycles. The van der Waals surface area contributed by atoms with Crippen molar-refractivity contribution in [3.8, 4) is 5.75 Å². The predicted molar refractivity (Wildman–Crippen MR) is 102 cm³/mol. The van der Waals surface area contributed by atoms with Gasteiger partial charge in [0, 0.05) is 26.2 Å². The molecule has 1 fully saturated rings. The van der Waals surface area contributed by atoms with Gasteiger partial charge < -0.3 is 14.4 Å². The molecule has 146 valence electrons. The summed E-state index contributed by atoms with van der Waals surface area (Å²) in [5.74, 6) is -0.0750. The maximum atomic E-state index is 13.1. The average Bonchev–Trinajstić information content (AvgIpc) is 3.30. The summed E-state index contributed by atoms with van der Waals surface area (Å²) in [4.78, 5) is 19.0. The Labute approximate surface area is 161 Å². The fraction of sp³-hybridized carbons (Fsp3) is 0.350. The van der Waals surface area contributed by atoms with Crippen LogP contribution in [0.2, 0.25) is 0 Å². The zero-order chi connectivity index (χ0) is 19.7. The number of carbonyl (C=O) groups excluding carboxylic acids is 1. The lowest BCUT2D eigenvalue weighted by Gasteiger charge is -2.22. The number of ether oxygens (including phenoxy) is 2. The second kappa shape index (κ2) is 7.46. The third kappa shape index (κ3) is 3.37. The molecule has 3 heterocycles. The number of anilines is 1. The molecule has 0 radical (unpaired) electrons. The van der Waals surface area contributed by atoms with Crippen molar-refractivity contribution in [1.82, 2.24) is 14.8 Å². The predicted octanol–water partition coefficient (Wildman–Crippen LogP) is 2.94. The molecule has 1 saturated heterocycles. The van der Waals surface area contributed by atoms with Gasteiger partial charge in [-0.25, -0.2) is 14.2 Å². The highest BCUT2D eigenvalue weighted by atomic mass is 19.1. The minimum Gasteiger partial charge on any atom is -0.489 e. The number of fused-ring (bicyclic) bond motifs is 1. The number of hydrogen-bond donors (Lipinski definition) is 0. The summed E-state index contributed by atoms with van der Waals surface area (Å²) in [7, 11) is 1.81. The second-order valence-electron chi connectivity index (χ2n) is 6.67. The second-order valence-corrected chi connectivity index (χ2v) is 6.67. The van der Waals surface area contributed by atoms with Crippen LogP contribution in [0, 0.1) is 5.82 Å². The van der Waals surface area contributed by atoms with Crippen molar-refractivity contribution < 1.29 is 18.7 Å². The third-order valence-corrected chi connectivity index (χ3v) is 4.81. The summed E-state index contributed by atoms with van der Waals surface area (Å²) in [5, 5.41) is 5.08. The molecular formula is C20H21FN4O3. The fourth-order valence-electron chi connectivity index (χ4n) is 3.52. The molecule has 1 aromatic carbocycles. The Bertz CT molecular complexity index is 1000. The number of aromatic nitrogens is 3. The smallest absolute Gasteiger partial charge is 0.341 e. The van der Waals surface area contributed by atoms with E-state index in [2.05, 4.69) is 15.0 Å². The van der Waals surface area contributed by atoms with Gasteiger partial charge in [0.25, 0.3) is 0 Å². The molecule has 0 spiro atoms. The van der Waals surface area contributed by atoms with Gasteiger partial charge in [0.05, 0.1) is 30.4 Å². The van der Waals surface area contributed by atoms with Crippen LogP contribution >= 0.6 is 0 Å². The lowest BCUT2D eigenvalue weighted by Crippen LogP contribution is -2.26. The molecule has 3 aromatic rings. The van der Waals surface area contributed by atoms with Crippen LogP contribution in [-0.4, -0.2) is 46.5 Å². The molecule has 0 saturated carbocycles. The van der Waals surface area contributed by atoms with E-state index in [1.807, 2.05) is 7.05 Å². The summed E-state index contributed by atoms with van der Waals surface area (Å²) < 4.78 is 26.0. The summed E-state index contributed by atoms with van der Waals surface area (Å²) in [6, 6.07) is 5.99. The lowest BCUT2D eigenvalue weighted by molar-refractivity contribution is 0.0526. The first-order valence-corrected chi connectivity index (χ1v) is 9.21. The highest BCUT2D eigenvalue weighted by molar-refractivity contribution is 6.04. The number of benzene rings is 1. The Morgan fingerprint density at radius 1 is 1.29 bits per heavy atom. The van der Waals surface area contributed by atoms with E-state index in [-0.39, 0.29) is 11.9 Å². The van der Waals surface area contributed by atoms with Crippen molar-refractivity contribution in [3.05, 3.63) is 48.0 Å². The van der Waals surface area contributed by atoms with Crippen LogP contribution in [0.5, 0.6) is 5.75 Å². The number of aryl methyl sites for hydroxylation is 1. The van der Waals surface area contributed by atoms with Crippen molar-refractivity contribution in [3.63, 3.8) is 0 Å². The first kappa shape index (κ1) is 18.2. The van der Waals surface area contributed by atoms with E-state index >= 15 is 0 Å².